The minimum atomic E-state index is -1.44. The molecule has 1 unspecified atom stereocenters. The Morgan fingerprint density at radius 3 is 2.96 bits per heavy atom. The Labute approximate surface area is 149 Å². The molecule has 136 valence electrons. The van der Waals surface area contributed by atoms with Crippen molar-refractivity contribution in [1.29, 1.82) is 0 Å². The zero-order valence-corrected chi connectivity index (χ0v) is 14.0. The Kier molecular flexibility index (Phi) is 4.75. The van der Waals surface area contributed by atoms with Crippen LogP contribution in [0.4, 0.5) is 14.6 Å². The molecule has 1 saturated carbocycles. The van der Waals surface area contributed by atoms with Gasteiger partial charge in [-0.15, -0.1) is 0 Å². The van der Waals surface area contributed by atoms with Crippen LogP contribution >= 0.6 is 0 Å². The highest BCUT2D eigenvalue weighted by molar-refractivity contribution is 5.85. The maximum absolute atomic E-state index is 14.0. The summed E-state index contributed by atoms with van der Waals surface area (Å²) >= 11 is 0. The molecule has 8 heteroatoms. The standard InChI is InChI=1S/C18H19F2N5O/c19-15-4-2-1-3-13(15)16(20)9-26-8-11-5-12(6-11)24-17-14-7-23-25-18(14)22-10-21-17/h1-4,7,10-12,16H,5-6,8-9H2,(H2,21,22,23,24,25)/t11-,12+,16?. The summed E-state index contributed by atoms with van der Waals surface area (Å²) in [5.41, 5.74) is 0.748. The van der Waals surface area contributed by atoms with E-state index >= 15 is 0 Å². The molecular formula is C18H19F2N5O. The third kappa shape index (κ3) is 3.50. The highest BCUT2D eigenvalue weighted by Gasteiger charge is 2.30. The van der Waals surface area contributed by atoms with E-state index in [1.54, 1.807) is 18.3 Å². The lowest BCUT2D eigenvalue weighted by Gasteiger charge is -2.36. The van der Waals surface area contributed by atoms with Gasteiger partial charge in [-0.3, -0.25) is 5.10 Å². The number of ether oxygens (including phenoxy) is 1. The molecule has 2 N–H and O–H groups in total. The number of rotatable bonds is 7. The van der Waals surface area contributed by atoms with Gasteiger partial charge in [-0.05, 0) is 24.8 Å². The van der Waals surface area contributed by atoms with Crippen LogP contribution in [0, 0.1) is 11.7 Å². The number of aromatic nitrogens is 4. The summed E-state index contributed by atoms with van der Waals surface area (Å²) in [4.78, 5) is 8.36. The lowest BCUT2D eigenvalue weighted by Crippen LogP contribution is -2.38. The minimum Gasteiger partial charge on any atom is -0.378 e. The van der Waals surface area contributed by atoms with Gasteiger partial charge in [0, 0.05) is 18.2 Å². The number of H-pyrrole nitrogens is 1. The first kappa shape index (κ1) is 16.8. The summed E-state index contributed by atoms with van der Waals surface area (Å²) in [6.45, 7) is 0.342. The first-order valence-corrected chi connectivity index (χ1v) is 8.57. The number of halogens is 2. The van der Waals surface area contributed by atoms with Crippen molar-refractivity contribution >= 4 is 16.9 Å². The summed E-state index contributed by atoms with van der Waals surface area (Å²) in [5, 5.41) is 11.0. The number of hydrogen-bond donors (Lipinski definition) is 2. The summed E-state index contributed by atoms with van der Waals surface area (Å²) in [6.07, 6.45) is 3.58. The highest BCUT2D eigenvalue weighted by Crippen LogP contribution is 2.32. The van der Waals surface area contributed by atoms with Gasteiger partial charge in [0.2, 0.25) is 0 Å². The molecule has 1 aliphatic rings. The molecule has 0 amide bonds. The molecule has 0 spiro atoms. The molecule has 0 radical (unpaired) electrons. The van der Waals surface area contributed by atoms with Crippen molar-refractivity contribution < 1.29 is 13.5 Å². The van der Waals surface area contributed by atoms with Crippen LogP contribution in [0.5, 0.6) is 0 Å². The molecule has 0 bridgehead atoms. The van der Waals surface area contributed by atoms with E-state index in [0.717, 1.165) is 24.0 Å². The molecule has 4 rings (SSSR count). The van der Waals surface area contributed by atoms with Gasteiger partial charge < -0.3 is 10.1 Å². The molecule has 6 nitrogen and oxygen atoms in total. The Hall–Kier alpha value is -2.61. The van der Waals surface area contributed by atoms with Crippen molar-refractivity contribution in [2.45, 2.75) is 25.1 Å². The number of aromatic amines is 1. The number of nitrogens with one attached hydrogen (secondary N) is 2. The first-order chi connectivity index (χ1) is 12.7. The third-order valence-electron chi connectivity index (χ3n) is 4.68. The normalized spacial score (nSPS) is 20.7. The van der Waals surface area contributed by atoms with Gasteiger partial charge >= 0.3 is 0 Å². The van der Waals surface area contributed by atoms with Gasteiger partial charge in [0.05, 0.1) is 18.2 Å². The predicted molar refractivity (Wildman–Crippen MR) is 92.9 cm³/mol. The fourth-order valence-corrected chi connectivity index (χ4v) is 3.22. The zero-order chi connectivity index (χ0) is 17.9. The van der Waals surface area contributed by atoms with Crippen LogP contribution in [0.15, 0.2) is 36.8 Å². The van der Waals surface area contributed by atoms with Crippen molar-refractivity contribution in [3.05, 3.63) is 48.2 Å². The summed E-state index contributed by atoms with van der Waals surface area (Å²) in [5.74, 6) is 0.588. The number of alkyl halides is 1. The quantitative estimate of drug-likeness (QED) is 0.676. The van der Waals surface area contributed by atoms with E-state index < -0.39 is 12.0 Å². The Bertz CT molecular complexity index is 881. The van der Waals surface area contributed by atoms with Crippen molar-refractivity contribution in [2.75, 3.05) is 18.5 Å². The molecule has 0 saturated heterocycles. The fraction of sp³-hybridized carbons (Fsp3) is 0.389. The summed E-state index contributed by atoms with van der Waals surface area (Å²) in [7, 11) is 0. The lowest BCUT2D eigenvalue weighted by atomic mass is 9.81. The molecular weight excluding hydrogens is 340 g/mol. The van der Waals surface area contributed by atoms with Crippen LogP contribution in [0.2, 0.25) is 0 Å². The molecule has 1 aliphatic carbocycles. The van der Waals surface area contributed by atoms with E-state index in [1.165, 1.54) is 18.5 Å². The van der Waals surface area contributed by atoms with Gasteiger partial charge in [0.1, 0.15) is 18.0 Å². The topological polar surface area (TPSA) is 75.7 Å². The van der Waals surface area contributed by atoms with Gasteiger partial charge in [-0.1, -0.05) is 18.2 Å². The second kappa shape index (κ2) is 7.33. The number of hydrogen-bond acceptors (Lipinski definition) is 5. The zero-order valence-electron chi connectivity index (χ0n) is 14.0. The van der Waals surface area contributed by atoms with Crippen molar-refractivity contribution in [1.82, 2.24) is 20.2 Å². The van der Waals surface area contributed by atoms with Crippen LogP contribution in [0.3, 0.4) is 0 Å². The maximum atomic E-state index is 14.0. The first-order valence-electron chi connectivity index (χ1n) is 8.57. The number of fused-ring (bicyclic) bond motifs is 1. The molecule has 26 heavy (non-hydrogen) atoms. The molecule has 1 fully saturated rings. The summed E-state index contributed by atoms with van der Waals surface area (Å²) < 4.78 is 33.0. The number of benzene rings is 1. The van der Waals surface area contributed by atoms with Gasteiger partial charge in [0.15, 0.2) is 11.8 Å². The minimum absolute atomic E-state index is 0.0496. The average molecular weight is 359 g/mol. The molecule has 2 aromatic heterocycles. The van der Waals surface area contributed by atoms with Gasteiger partial charge in [-0.2, -0.15) is 5.10 Å². The SMILES string of the molecule is Fc1ccccc1C(F)COC[C@H]1C[C@@H](Nc2ncnc3[nH]ncc23)C1. The Morgan fingerprint density at radius 1 is 1.27 bits per heavy atom. The maximum Gasteiger partial charge on any atom is 0.160 e. The van der Waals surface area contributed by atoms with Crippen LogP contribution in [0.1, 0.15) is 24.6 Å². The predicted octanol–water partition coefficient (Wildman–Crippen LogP) is 3.41. The van der Waals surface area contributed by atoms with Crippen molar-refractivity contribution in [3.63, 3.8) is 0 Å². The highest BCUT2D eigenvalue weighted by atomic mass is 19.1. The second-order valence-corrected chi connectivity index (χ2v) is 6.56. The average Bonchev–Trinajstić information content (AvgIpc) is 3.09. The second-order valence-electron chi connectivity index (χ2n) is 6.56. The van der Waals surface area contributed by atoms with Gasteiger partial charge in [0.25, 0.3) is 0 Å². The van der Waals surface area contributed by atoms with Crippen LogP contribution in [0.25, 0.3) is 11.0 Å². The van der Waals surface area contributed by atoms with Crippen LogP contribution < -0.4 is 5.32 Å². The summed E-state index contributed by atoms with van der Waals surface area (Å²) in [6, 6.07) is 6.17. The molecule has 1 atom stereocenters. The molecule has 2 heterocycles. The van der Waals surface area contributed by atoms with E-state index in [-0.39, 0.29) is 12.2 Å². The number of anilines is 1. The van der Waals surface area contributed by atoms with E-state index in [1.807, 2.05) is 0 Å². The van der Waals surface area contributed by atoms with Crippen LogP contribution in [-0.2, 0) is 4.74 Å². The third-order valence-corrected chi connectivity index (χ3v) is 4.68. The largest absolute Gasteiger partial charge is 0.378 e. The van der Waals surface area contributed by atoms with E-state index in [0.29, 0.717) is 24.2 Å². The van der Waals surface area contributed by atoms with Crippen molar-refractivity contribution in [2.24, 2.45) is 5.92 Å². The lowest BCUT2D eigenvalue weighted by molar-refractivity contribution is 0.0327. The molecule has 0 aliphatic heterocycles. The van der Waals surface area contributed by atoms with Crippen molar-refractivity contribution in [3.8, 4) is 0 Å². The fourth-order valence-electron chi connectivity index (χ4n) is 3.22. The molecule has 1 aromatic carbocycles. The molecule has 3 aromatic rings. The van der Waals surface area contributed by atoms with E-state index in [9.17, 15) is 8.78 Å². The van der Waals surface area contributed by atoms with Crippen LogP contribution in [-0.4, -0.2) is 39.4 Å². The Balaban J connectivity index is 1.21. The van der Waals surface area contributed by atoms with Gasteiger partial charge in [-0.25, -0.2) is 18.7 Å². The van der Waals surface area contributed by atoms with E-state index in [2.05, 4.69) is 25.5 Å². The Morgan fingerprint density at radius 2 is 2.12 bits per heavy atom. The monoisotopic (exact) mass is 359 g/mol. The number of nitrogens with zero attached hydrogens (tertiary/aromatic N) is 3. The smallest absolute Gasteiger partial charge is 0.160 e. The van der Waals surface area contributed by atoms with E-state index in [4.69, 9.17) is 4.74 Å².